The maximum Gasteiger partial charge on any atom is 0.0807 e. The average molecular weight is 641 g/mol. The molecule has 1 fully saturated rings. The van der Waals surface area contributed by atoms with Crippen molar-refractivity contribution in [1.82, 2.24) is 0 Å². The van der Waals surface area contributed by atoms with Crippen molar-refractivity contribution in [3.63, 3.8) is 0 Å². The highest BCUT2D eigenvalue weighted by Gasteiger charge is 2.32. The van der Waals surface area contributed by atoms with Crippen LogP contribution in [0.3, 0.4) is 0 Å². The number of rotatable bonds is 11. The molecule has 1 unspecified atom stereocenters. The van der Waals surface area contributed by atoms with E-state index in [9.17, 15) is 10.2 Å². The molecule has 2 N–H and O–H groups in total. The molecule has 0 bridgehead atoms. The van der Waals surface area contributed by atoms with E-state index < -0.39 is 0 Å². The van der Waals surface area contributed by atoms with Gasteiger partial charge in [-0.3, -0.25) is 0 Å². The zero-order valence-electron chi connectivity index (χ0n) is 31.4. The van der Waals surface area contributed by atoms with Crippen molar-refractivity contribution in [2.75, 3.05) is 6.61 Å². The van der Waals surface area contributed by atoms with Crippen molar-refractivity contribution in [3.8, 4) is 0 Å². The monoisotopic (exact) mass is 640 g/mol. The molecule has 0 aromatic carbocycles. The molecule has 3 aliphatic rings. The third kappa shape index (κ3) is 15.2. The number of aliphatic hydroxyl groups excluding tert-OH is 2. The van der Waals surface area contributed by atoms with Gasteiger partial charge in [0, 0.05) is 0 Å². The largest absolute Gasteiger partial charge is 0.393 e. The van der Waals surface area contributed by atoms with Gasteiger partial charge < -0.3 is 14.9 Å². The Morgan fingerprint density at radius 2 is 0.979 bits per heavy atom. The first-order valence-electron chi connectivity index (χ1n) is 17.5. The summed E-state index contributed by atoms with van der Waals surface area (Å²) in [4.78, 5) is 0. The van der Waals surface area contributed by atoms with Crippen LogP contribution in [-0.2, 0) is 4.74 Å². The van der Waals surface area contributed by atoms with E-state index in [-0.39, 0.29) is 23.0 Å². The van der Waals surface area contributed by atoms with Crippen LogP contribution in [0.15, 0.2) is 130 Å². The van der Waals surface area contributed by atoms with Crippen molar-refractivity contribution in [3.05, 3.63) is 130 Å². The van der Waals surface area contributed by atoms with Gasteiger partial charge >= 0.3 is 0 Å². The Hall–Kier alpha value is -2.98. The minimum atomic E-state index is -0.227. The molecule has 3 atom stereocenters. The van der Waals surface area contributed by atoms with Gasteiger partial charge in [-0.2, -0.15) is 0 Å². The molecule has 1 heterocycles. The summed E-state index contributed by atoms with van der Waals surface area (Å²) in [7, 11) is 0. The van der Waals surface area contributed by atoms with Crippen LogP contribution < -0.4 is 0 Å². The summed E-state index contributed by atoms with van der Waals surface area (Å²) in [6, 6.07) is 0. The molecule has 0 radical (unpaired) electrons. The zero-order valence-corrected chi connectivity index (χ0v) is 31.4. The zero-order chi connectivity index (χ0) is 35.2. The predicted octanol–water partition coefficient (Wildman–Crippen LogP) is 11.3. The molecule has 0 saturated carbocycles. The Bertz CT molecular complexity index is 1290. The summed E-state index contributed by atoms with van der Waals surface area (Å²) in [6.45, 7) is 24.8. The van der Waals surface area contributed by atoms with Gasteiger partial charge in [0.1, 0.15) is 0 Å². The summed E-state index contributed by atoms with van der Waals surface area (Å²) in [5, 5.41) is 20.2. The fraction of sp³-hybridized carbons (Fsp3) is 0.500. The minimum absolute atomic E-state index is 0.00547. The lowest BCUT2D eigenvalue weighted by Gasteiger charge is -2.35. The fourth-order valence-corrected chi connectivity index (χ4v) is 6.43. The normalized spacial score (nSPS) is 26.0. The lowest BCUT2D eigenvalue weighted by Crippen LogP contribution is -2.28. The molecular formula is C44H64O3. The Morgan fingerprint density at radius 3 is 1.28 bits per heavy atom. The highest BCUT2D eigenvalue weighted by molar-refractivity contribution is 5.39. The topological polar surface area (TPSA) is 53.0 Å². The quantitative estimate of drug-likeness (QED) is 0.174. The van der Waals surface area contributed by atoms with Crippen LogP contribution in [0.2, 0.25) is 0 Å². The SMILES string of the molecule is CC1=C(/C=C/C(C)=C/C=C/C(C)=C/C=C/C=C(C)/C=C/C=C(C)/C=C/C2=C(C)C[C@@H](O)CC2(C)C)C(C)(C)C[C@H](O)C1.CCC1CO1. The molecule has 0 aromatic heterocycles. The van der Waals surface area contributed by atoms with Crippen molar-refractivity contribution < 1.29 is 14.9 Å². The summed E-state index contributed by atoms with van der Waals surface area (Å²) < 4.78 is 4.86. The van der Waals surface area contributed by atoms with Crippen molar-refractivity contribution in [2.24, 2.45) is 10.8 Å². The van der Waals surface area contributed by atoms with Crippen LogP contribution in [0.1, 0.15) is 108 Å². The van der Waals surface area contributed by atoms with Crippen molar-refractivity contribution >= 4 is 0 Å². The number of aliphatic hydroxyl groups is 2. The average Bonchev–Trinajstić information content (AvgIpc) is 3.79. The molecule has 2 aliphatic carbocycles. The third-order valence-electron chi connectivity index (χ3n) is 9.10. The van der Waals surface area contributed by atoms with Gasteiger partial charge in [-0.25, -0.2) is 0 Å². The summed E-state index contributed by atoms with van der Waals surface area (Å²) >= 11 is 0. The molecule has 0 spiro atoms. The first-order valence-corrected chi connectivity index (χ1v) is 17.5. The molecule has 47 heavy (non-hydrogen) atoms. The number of allylic oxidation sites excluding steroid dienone is 20. The van der Waals surface area contributed by atoms with Gasteiger partial charge in [-0.1, -0.05) is 153 Å². The second-order valence-electron chi connectivity index (χ2n) is 15.1. The number of hydrogen-bond donors (Lipinski definition) is 2. The van der Waals surface area contributed by atoms with Gasteiger partial charge in [0.05, 0.1) is 24.9 Å². The molecule has 3 rings (SSSR count). The second kappa shape index (κ2) is 19.1. The van der Waals surface area contributed by atoms with E-state index in [4.69, 9.17) is 4.74 Å². The maximum atomic E-state index is 10.1. The molecule has 3 heteroatoms. The summed E-state index contributed by atoms with van der Waals surface area (Å²) in [6.07, 6.45) is 34.5. The van der Waals surface area contributed by atoms with Crippen LogP contribution in [-0.4, -0.2) is 35.1 Å². The lowest BCUT2D eigenvalue weighted by atomic mass is 9.71. The number of hydrogen-bond acceptors (Lipinski definition) is 3. The first kappa shape index (κ1) is 40.2. The first-order chi connectivity index (χ1) is 22.0. The van der Waals surface area contributed by atoms with E-state index in [1.807, 2.05) is 0 Å². The molecule has 1 saturated heterocycles. The van der Waals surface area contributed by atoms with E-state index in [0.29, 0.717) is 6.10 Å². The van der Waals surface area contributed by atoms with E-state index in [1.165, 1.54) is 51.0 Å². The number of epoxide rings is 1. The Kier molecular flexibility index (Phi) is 16.4. The Balaban J connectivity index is 0.00000140. The Morgan fingerprint density at radius 1 is 0.638 bits per heavy atom. The van der Waals surface area contributed by atoms with Gasteiger partial charge in [-0.05, 0) is 95.6 Å². The smallest absolute Gasteiger partial charge is 0.0807 e. The van der Waals surface area contributed by atoms with Crippen molar-refractivity contribution in [2.45, 2.75) is 127 Å². The van der Waals surface area contributed by atoms with Crippen molar-refractivity contribution in [1.29, 1.82) is 0 Å². The second-order valence-corrected chi connectivity index (χ2v) is 15.1. The van der Waals surface area contributed by atoms with Gasteiger partial charge in [0.25, 0.3) is 0 Å². The highest BCUT2D eigenvalue weighted by Crippen LogP contribution is 2.42. The van der Waals surface area contributed by atoms with Gasteiger partial charge in [0.15, 0.2) is 0 Å². The van der Waals surface area contributed by atoms with Crippen LogP contribution in [0.4, 0.5) is 0 Å². The van der Waals surface area contributed by atoms with E-state index in [1.54, 1.807) is 0 Å². The van der Waals surface area contributed by atoms with Gasteiger partial charge in [-0.15, -0.1) is 0 Å². The maximum absolute atomic E-state index is 10.1. The molecule has 0 amide bonds. The lowest BCUT2D eigenvalue weighted by molar-refractivity contribution is 0.116. The highest BCUT2D eigenvalue weighted by atomic mass is 16.6. The minimum Gasteiger partial charge on any atom is -0.393 e. The van der Waals surface area contributed by atoms with Crippen LogP contribution >= 0.6 is 0 Å². The summed E-state index contributed by atoms with van der Waals surface area (Å²) in [5.74, 6) is 0. The molecular weight excluding hydrogens is 576 g/mol. The van der Waals surface area contributed by atoms with E-state index in [0.717, 1.165) is 32.3 Å². The summed E-state index contributed by atoms with van der Waals surface area (Å²) in [5.41, 5.74) is 10.1. The standard InChI is InChI=1S/C40H56O2.C4H8O/c1-29(17-13-19-31(3)21-23-37-33(5)25-35(41)27-39(37,7)8)15-11-12-16-30(2)18-14-20-32(4)22-24-38-34(6)26-36(42)28-40(38,9)10;1-2-4-3-5-4/h11-24,35-36,41-42H,25-28H2,1-10H3;4H,2-3H2,1H3/b12-11+,17-13+,18-14+,23-21+,24-22+,29-15+,30-16+,31-19+,32-20+;/t35-,36-;/m1./s1. The molecule has 1 aliphatic heterocycles. The predicted molar refractivity (Wildman–Crippen MR) is 204 cm³/mol. The fourth-order valence-electron chi connectivity index (χ4n) is 6.43. The third-order valence-corrected chi connectivity index (χ3v) is 9.10. The Labute approximate surface area is 288 Å². The van der Waals surface area contributed by atoms with Gasteiger partial charge in [0.2, 0.25) is 0 Å². The molecule has 0 aromatic rings. The molecule has 258 valence electrons. The van der Waals surface area contributed by atoms with E-state index >= 15 is 0 Å². The van der Waals surface area contributed by atoms with Crippen LogP contribution in [0, 0.1) is 10.8 Å². The van der Waals surface area contributed by atoms with Crippen LogP contribution in [0.25, 0.3) is 0 Å². The van der Waals surface area contributed by atoms with E-state index in [2.05, 4.69) is 161 Å². The number of ether oxygens (including phenoxy) is 1. The molecule has 3 nitrogen and oxygen atoms in total. The van der Waals surface area contributed by atoms with Crippen LogP contribution in [0.5, 0.6) is 0 Å².